The van der Waals surface area contributed by atoms with Gasteiger partial charge in [-0.1, -0.05) is 43.9 Å². The number of hydrogen-bond acceptors (Lipinski definition) is 3. The lowest BCUT2D eigenvalue weighted by molar-refractivity contribution is -0.127. The molecule has 1 fully saturated rings. The van der Waals surface area contributed by atoms with Crippen LogP contribution in [0.1, 0.15) is 62.9 Å². The zero-order chi connectivity index (χ0) is 23.7. The summed E-state index contributed by atoms with van der Waals surface area (Å²) >= 11 is 0. The summed E-state index contributed by atoms with van der Waals surface area (Å²) in [5, 5.41) is 4.33. The van der Waals surface area contributed by atoms with Gasteiger partial charge in [0.1, 0.15) is 17.0 Å². The fraction of sp³-hybridized carbons (Fsp3) is 0.429. The van der Waals surface area contributed by atoms with Crippen molar-refractivity contribution in [1.82, 2.24) is 9.88 Å². The summed E-state index contributed by atoms with van der Waals surface area (Å²) in [5.74, 6) is 0.490. The molecule has 1 saturated carbocycles. The summed E-state index contributed by atoms with van der Waals surface area (Å²) in [5.41, 5.74) is 1.22. The van der Waals surface area contributed by atoms with Crippen LogP contribution < -0.4 is 15.0 Å². The van der Waals surface area contributed by atoms with E-state index in [1.807, 2.05) is 73.0 Å². The smallest absolute Gasteiger partial charge is 0.275 e. The number of ether oxygens (including phenoxy) is 1. The highest BCUT2D eigenvalue weighted by molar-refractivity contribution is 6.14. The predicted octanol–water partition coefficient (Wildman–Crippen LogP) is 5.30. The van der Waals surface area contributed by atoms with E-state index in [0.717, 1.165) is 42.3 Å². The van der Waals surface area contributed by atoms with Gasteiger partial charge in [-0.05, 0) is 63.1 Å². The standard InChI is InChI=1S/C28H33N3O3/c1-3-34-23-16-14-22(15-17-23)31-26(32)25-18-20-10-8-9-13-24(20)30(25)19-28(31,2)27(33)29-21-11-6-4-5-7-12-21/h8-10,13-18,21H,3-7,11-12,19H2,1-2H3,(H,29,33). The van der Waals surface area contributed by atoms with Crippen molar-refractivity contribution >= 4 is 28.4 Å². The first kappa shape index (κ1) is 22.5. The van der Waals surface area contributed by atoms with E-state index in [0.29, 0.717) is 24.5 Å². The van der Waals surface area contributed by atoms with E-state index < -0.39 is 5.54 Å². The van der Waals surface area contributed by atoms with Gasteiger partial charge in [-0.25, -0.2) is 0 Å². The first-order chi connectivity index (χ1) is 16.5. The number of amides is 2. The largest absolute Gasteiger partial charge is 0.494 e. The zero-order valence-electron chi connectivity index (χ0n) is 20.0. The van der Waals surface area contributed by atoms with E-state index in [9.17, 15) is 9.59 Å². The first-order valence-electron chi connectivity index (χ1n) is 12.5. The van der Waals surface area contributed by atoms with E-state index in [4.69, 9.17) is 4.74 Å². The Hall–Kier alpha value is -3.28. The van der Waals surface area contributed by atoms with Crippen LogP contribution in [-0.4, -0.2) is 34.6 Å². The molecule has 5 rings (SSSR count). The molecular weight excluding hydrogens is 426 g/mol. The second-order valence-corrected chi connectivity index (χ2v) is 9.68. The average molecular weight is 460 g/mol. The third kappa shape index (κ3) is 3.95. The molecule has 2 aromatic carbocycles. The maximum absolute atomic E-state index is 14.0. The van der Waals surface area contributed by atoms with Crippen molar-refractivity contribution in [2.24, 2.45) is 0 Å². The molecule has 3 aromatic rings. The van der Waals surface area contributed by atoms with E-state index in [2.05, 4.69) is 5.32 Å². The number of anilines is 1. The third-order valence-electron chi connectivity index (χ3n) is 7.28. The number of aromatic nitrogens is 1. The highest BCUT2D eigenvalue weighted by Gasteiger charge is 2.49. The number of rotatable bonds is 5. The topological polar surface area (TPSA) is 63.6 Å². The summed E-state index contributed by atoms with van der Waals surface area (Å²) in [6.45, 7) is 4.80. The molecule has 6 nitrogen and oxygen atoms in total. The van der Waals surface area contributed by atoms with Gasteiger partial charge in [0.25, 0.3) is 5.91 Å². The van der Waals surface area contributed by atoms with Gasteiger partial charge in [0, 0.05) is 22.6 Å². The van der Waals surface area contributed by atoms with Crippen LogP contribution in [0.2, 0.25) is 0 Å². The molecule has 6 heteroatoms. The van der Waals surface area contributed by atoms with E-state index >= 15 is 0 Å². The number of carbonyl (C=O) groups is 2. The molecule has 0 saturated heterocycles. The predicted molar refractivity (Wildman–Crippen MR) is 134 cm³/mol. The fourth-order valence-electron chi connectivity index (χ4n) is 5.47. The molecule has 0 radical (unpaired) electrons. The Morgan fingerprint density at radius 1 is 1.06 bits per heavy atom. The second kappa shape index (κ2) is 9.16. The molecule has 1 atom stereocenters. The molecular formula is C28H33N3O3. The van der Waals surface area contributed by atoms with Gasteiger partial charge in [0.15, 0.2) is 0 Å². The molecule has 1 N–H and O–H groups in total. The zero-order valence-corrected chi connectivity index (χ0v) is 20.0. The number of hydrogen-bond donors (Lipinski definition) is 1. The molecule has 1 unspecified atom stereocenters. The van der Waals surface area contributed by atoms with Crippen molar-refractivity contribution in [2.75, 3.05) is 11.5 Å². The number of benzene rings is 2. The number of para-hydroxylation sites is 1. The van der Waals surface area contributed by atoms with Crippen molar-refractivity contribution in [3.8, 4) is 5.75 Å². The van der Waals surface area contributed by atoms with Crippen molar-refractivity contribution in [2.45, 2.75) is 70.5 Å². The van der Waals surface area contributed by atoms with Crippen molar-refractivity contribution < 1.29 is 14.3 Å². The molecule has 1 aliphatic carbocycles. The van der Waals surface area contributed by atoms with Crippen molar-refractivity contribution in [1.29, 1.82) is 0 Å². The van der Waals surface area contributed by atoms with Gasteiger partial charge in [0.05, 0.1) is 13.2 Å². The van der Waals surface area contributed by atoms with Gasteiger partial charge >= 0.3 is 0 Å². The molecule has 178 valence electrons. The van der Waals surface area contributed by atoms with Gasteiger partial charge in [-0.15, -0.1) is 0 Å². The Morgan fingerprint density at radius 3 is 2.47 bits per heavy atom. The monoisotopic (exact) mass is 459 g/mol. The highest BCUT2D eigenvalue weighted by Crippen LogP contribution is 2.36. The molecule has 2 amide bonds. The van der Waals surface area contributed by atoms with Gasteiger partial charge < -0.3 is 14.6 Å². The van der Waals surface area contributed by atoms with E-state index in [-0.39, 0.29) is 17.9 Å². The summed E-state index contributed by atoms with van der Waals surface area (Å²) in [6.07, 6.45) is 6.70. The van der Waals surface area contributed by atoms with Crippen LogP contribution in [0.3, 0.4) is 0 Å². The molecule has 0 bridgehead atoms. The quantitative estimate of drug-likeness (QED) is 0.527. The lowest BCUT2D eigenvalue weighted by Crippen LogP contribution is -2.65. The van der Waals surface area contributed by atoms with Crippen molar-refractivity contribution in [3.63, 3.8) is 0 Å². The molecule has 2 aliphatic rings. The minimum absolute atomic E-state index is 0.0925. The van der Waals surface area contributed by atoms with Gasteiger partial charge in [-0.3, -0.25) is 14.5 Å². The van der Waals surface area contributed by atoms with Crippen LogP contribution in [-0.2, 0) is 11.3 Å². The minimum atomic E-state index is -1.06. The van der Waals surface area contributed by atoms with Crippen LogP contribution in [0.5, 0.6) is 5.75 Å². The minimum Gasteiger partial charge on any atom is -0.494 e. The van der Waals surface area contributed by atoms with Crippen LogP contribution in [0.15, 0.2) is 54.6 Å². The Kier molecular flexibility index (Phi) is 6.07. The van der Waals surface area contributed by atoms with Crippen LogP contribution >= 0.6 is 0 Å². The Morgan fingerprint density at radius 2 is 1.76 bits per heavy atom. The second-order valence-electron chi connectivity index (χ2n) is 9.68. The summed E-state index contributed by atoms with van der Waals surface area (Å²) < 4.78 is 7.61. The summed E-state index contributed by atoms with van der Waals surface area (Å²) in [7, 11) is 0. The molecule has 0 spiro atoms. The lowest BCUT2D eigenvalue weighted by Gasteiger charge is -2.44. The molecule has 1 aliphatic heterocycles. The van der Waals surface area contributed by atoms with Gasteiger partial charge in [0.2, 0.25) is 5.91 Å². The van der Waals surface area contributed by atoms with Gasteiger partial charge in [-0.2, -0.15) is 0 Å². The van der Waals surface area contributed by atoms with E-state index in [1.165, 1.54) is 12.8 Å². The number of fused-ring (bicyclic) bond motifs is 3. The fourth-order valence-corrected chi connectivity index (χ4v) is 5.47. The summed E-state index contributed by atoms with van der Waals surface area (Å²) in [6, 6.07) is 17.5. The molecule has 2 heterocycles. The Bertz CT molecular complexity index is 1190. The average Bonchev–Trinajstić information content (AvgIpc) is 3.01. The highest BCUT2D eigenvalue weighted by atomic mass is 16.5. The number of nitrogens with zero attached hydrogens (tertiary/aromatic N) is 2. The summed E-state index contributed by atoms with van der Waals surface area (Å²) in [4.78, 5) is 29.6. The normalized spacial score (nSPS) is 21.2. The maximum Gasteiger partial charge on any atom is 0.275 e. The third-order valence-corrected chi connectivity index (χ3v) is 7.28. The maximum atomic E-state index is 14.0. The SMILES string of the molecule is CCOc1ccc(N2C(=O)c3cc4ccccc4n3CC2(C)C(=O)NC2CCCCCC2)cc1. The molecule has 34 heavy (non-hydrogen) atoms. The lowest BCUT2D eigenvalue weighted by atomic mass is 9.92. The number of nitrogens with one attached hydrogen (secondary N) is 1. The van der Waals surface area contributed by atoms with Crippen LogP contribution in [0.25, 0.3) is 10.9 Å². The first-order valence-corrected chi connectivity index (χ1v) is 12.5. The Balaban J connectivity index is 1.56. The van der Waals surface area contributed by atoms with E-state index in [1.54, 1.807) is 4.90 Å². The Labute approximate surface area is 200 Å². The number of carbonyl (C=O) groups excluding carboxylic acids is 2. The molecule has 1 aromatic heterocycles. The van der Waals surface area contributed by atoms with Crippen molar-refractivity contribution in [3.05, 3.63) is 60.3 Å². The van der Waals surface area contributed by atoms with Crippen LogP contribution in [0.4, 0.5) is 5.69 Å². The van der Waals surface area contributed by atoms with Crippen LogP contribution in [0, 0.1) is 0 Å².